The van der Waals surface area contributed by atoms with Crippen LogP contribution in [-0.2, 0) is 9.53 Å². The Bertz CT molecular complexity index is 494. The molecule has 4 nitrogen and oxygen atoms in total. The normalized spacial score (nSPS) is 12.0. The molecule has 0 fully saturated rings. The number of thioether (sulfide) groups is 1. The summed E-state index contributed by atoms with van der Waals surface area (Å²) in [5, 5.41) is 3.06. The predicted molar refractivity (Wildman–Crippen MR) is 86.9 cm³/mol. The minimum absolute atomic E-state index is 0.216. The maximum absolute atomic E-state index is 12.2. The van der Waals surface area contributed by atoms with Gasteiger partial charge in [0.05, 0.1) is 16.7 Å². The summed E-state index contributed by atoms with van der Waals surface area (Å²) in [7, 11) is 0. The van der Waals surface area contributed by atoms with Gasteiger partial charge in [-0.25, -0.2) is 4.79 Å². The lowest BCUT2D eigenvalue weighted by atomic mass is 10.1. The van der Waals surface area contributed by atoms with Gasteiger partial charge < -0.3 is 10.1 Å². The van der Waals surface area contributed by atoms with Crippen molar-refractivity contribution in [3.8, 4) is 0 Å². The second kappa shape index (κ2) is 8.95. The molecule has 0 aliphatic rings. The SMILES string of the molecule is CSCC[C@H](NC(=O)c1ccccc1Cl)C(=O)OC(C)C. The van der Waals surface area contributed by atoms with Crippen LogP contribution in [0.1, 0.15) is 30.6 Å². The fourth-order valence-electron chi connectivity index (χ4n) is 1.68. The molecular formula is C15H20ClNO3S. The molecule has 21 heavy (non-hydrogen) atoms. The van der Waals surface area contributed by atoms with E-state index in [0.717, 1.165) is 5.75 Å². The van der Waals surface area contributed by atoms with E-state index in [4.69, 9.17) is 16.3 Å². The summed E-state index contributed by atoms with van der Waals surface area (Å²) in [6.07, 6.45) is 2.25. The van der Waals surface area contributed by atoms with Crippen LogP contribution in [-0.4, -0.2) is 36.0 Å². The van der Waals surface area contributed by atoms with E-state index >= 15 is 0 Å². The molecule has 1 N–H and O–H groups in total. The van der Waals surface area contributed by atoms with E-state index in [2.05, 4.69) is 5.32 Å². The summed E-state index contributed by atoms with van der Waals surface area (Å²) < 4.78 is 5.18. The van der Waals surface area contributed by atoms with Crippen molar-refractivity contribution in [2.75, 3.05) is 12.0 Å². The summed E-state index contributed by atoms with van der Waals surface area (Å²) in [6, 6.07) is 6.07. The van der Waals surface area contributed by atoms with Gasteiger partial charge in [-0.3, -0.25) is 4.79 Å². The quantitative estimate of drug-likeness (QED) is 0.781. The Labute approximate surface area is 134 Å². The van der Waals surface area contributed by atoms with E-state index in [1.165, 1.54) is 0 Å². The molecule has 1 atom stereocenters. The van der Waals surface area contributed by atoms with Gasteiger partial charge in [0.1, 0.15) is 6.04 Å². The Morgan fingerprint density at radius 1 is 1.33 bits per heavy atom. The molecule has 0 radical (unpaired) electrons. The van der Waals surface area contributed by atoms with Gasteiger partial charge in [0.25, 0.3) is 5.91 Å². The minimum atomic E-state index is -0.663. The van der Waals surface area contributed by atoms with Gasteiger partial charge in [-0.1, -0.05) is 23.7 Å². The molecular weight excluding hydrogens is 310 g/mol. The number of carbonyl (C=O) groups excluding carboxylic acids is 2. The average molecular weight is 330 g/mol. The van der Waals surface area contributed by atoms with Crippen molar-refractivity contribution >= 4 is 35.2 Å². The number of amides is 1. The minimum Gasteiger partial charge on any atom is -0.461 e. The third kappa shape index (κ3) is 5.98. The van der Waals surface area contributed by atoms with Crippen molar-refractivity contribution in [2.24, 2.45) is 0 Å². The first kappa shape index (κ1) is 17.9. The van der Waals surface area contributed by atoms with Crippen LogP contribution >= 0.6 is 23.4 Å². The monoisotopic (exact) mass is 329 g/mol. The van der Waals surface area contributed by atoms with Crippen LogP contribution < -0.4 is 5.32 Å². The van der Waals surface area contributed by atoms with Gasteiger partial charge in [-0.2, -0.15) is 11.8 Å². The molecule has 6 heteroatoms. The molecule has 0 heterocycles. The topological polar surface area (TPSA) is 55.4 Å². The number of esters is 1. The number of benzene rings is 1. The number of carbonyl (C=O) groups is 2. The van der Waals surface area contributed by atoms with Crippen molar-refractivity contribution in [3.05, 3.63) is 34.9 Å². The van der Waals surface area contributed by atoms with Crippen LogP contribution in [0.15, 0.2) is 24.3 Å². The maximum atomic E-state index is 12.2. The fourth-order valence-corrected chi connectivity index (χ4v) is 2.37. The Balaban J connectivity index is 2.78. The average Bonchev–Trinajstić information content (AvgIpc) is 2.42. The van der Waals surface area contributed by atoms with Gasteiger partial charge in [-0.15, -0.1) is 0 Å². The van der Waals surface area contributed by atoms with E-state index in [-0.39, 0.29) is 12.0 Å². The highest BCUT2D eigenvalue weighted by Gasteiger charge is 2.24. The van der Waals surface area contributed by atoms with Gasteiger partial charge in [-0.05, 0) is 44.4 Å². The highest BCUT2D eigenvalue weighted by Crippen LogP contribution is 2.15. The van der Waals surface area contributed by atoms with Crippen molar-refractivity contribution < 1.29 is 14.3 Å². The van der Waals surface area contributed by atoms with Crippen LogP contribution in [0.4, 0.5) is 0 Å². The Hall–Kier alpha value is -1.20. The molecule has 116 valence electrons. The summed E-state index contributed by atoms with van der Waals surface area (Å²) in [6.45, 7) is 3.55. The van der Waals surface area contributed by atoms with E-state index in [1.807, 2.05) is 6.26 Å². The predicted octanol–water partition coefficient (Wildman–Crippen LogP) is 3.14. The summed E-state index contributed by atoms with van der Waals surface area (Å²) in [5.41, 5.74) is 0.352. The maximum Gasteiger partial charge on any atom is 0.328 e. The lowest BCUT2D eigenvalue weighted by molar-refractivity contribution is -0.149. The molecule has 0 saturated carbocycles. The van der Waals surface area contributed by atoms with Crippen LogP contribution in [0.3, 0.4) is 0 Å². The van der Waals surface area contributed by atoms with Crippen molar-refractivity contribution in [1.29, 1.82) is 0 Å². The molecule has 0 bridgehead atoms. The molecule has 0 aliphatic carbocycles. The van der Waals surface area contributed by atoms with Crippen molar-refractivity contribution in [1.82, 2.24) is 5.32 Å². The molecule has 0 saturated heterocycles. The third-order valence-corrected chi connectivity index (χ3v) is 3.64. The molecule has 1 aromatic rings. The number of halogens is 1. The van der Waals surface area contributed by atoms with Gasteiger partial charge in [0.15, 0.2) is 0 Å². The van der Waals surface area contributed by atoms with Gasteiger partial charge in [0.2, 0.25) is 0 Å². The van der Waals surface area contributed by atoms with Crippen LogP contribution in [0.25, 0.3) is 0 Å². The molecule has 1 aromatic carbocycles. The van der Waals surface area contributed by atoms with Gasteiger partial charge in [0, 0.05) is 0 Å². The van der Waals surface area contributed by atoms with E-state index in [0.29, 0.717) is 17.0 Å². The third-order valence-electron chi connectivity index (χ3n) is 2.67. The zero-order valence-electron chi connectivity index (χ0n) is 12.4. The molecule has 0 aromatic heterocycles. The van der Waals surface area contributed by atoms with E-state index in [1.54, 1.807) is 49.9 Å². The number of nitrogens with one attached hydrogen (secondary N) is 1. The molecule has 0 unspecified atom stereocenters. The van der Waals surface area contributed by atoms with E-state index < -0.39 is 12.0 Å². The Morgan fingerprint density at radius 2 is 2.00 bits per heavy atom. The zero-order valence-corrected chi connectivity index (χ0v) is 14.0. The number of rotatable bonds is 7. The van der Waals surface area contributed by atoms with Gasteiger partial charge >= 0.3 is 5.97 Å². The largest absolute Gasteiger partial charge is 0.461 e. The first-order valence-corrected chi connectivity index (χ1v) is 8.47. The highest BCUT2D eigenvalue weighted by molar-refractivity contribution is 7.98. The van der Waals surface area contributed by atoms with Crippen LogP contribution in [0.2, 0.25) is 5.02 Å². The smallest absolute Gasteiger partial charge is 0.328 e. The number of hydrogen-bond acceptors (Lipinski definition) is 4. The first-order chi connectivity index (χ1) is 9.95. The van der Waals surface area contributed by atoms with Crippen molar-refractivity contribution in [3.63, 3.8) is 0 Å². The first-order valence-electron chi connectivity index (χ1n) is 6.70. The highest BCUT2D eigenvalue weighted by atomic mass is 35.5. The van der Waals surface area contributed by atoms with E-state index in [9.17, 15) is 9.59 Å². The van der Waals surface area contributed by atoms with Crippen molar-refractivity contribution in [2.45, 2.75) is 32.4 Å². The molecule has 0 aliphatic heterocycles. The second-order valence-corrected chi connectivity index (χ2v) is 6.17. The Kier molecular flexibility index (Phi) is 7.61. The fraction of sp³-hybridized carbons (Fsp3) is 0.467. The number of hydrogen-bond donors (Lipinski definition) is 1. The lowest BCUT2D eigenvalue weighted by Gasteiger charge is -2.19. The molecule has 0 spiro atoms. The molecule has 1 amide bonds. The summed E-state index contributed by atoms with van der Waals surface area (Å²) in [4.78, 5) is 24.3. The van der Waals surface area contributed by atoms with Crippen LogP contribution in [0.5, 0.6) is 0 Å². The zero-order chi connectivity index (χ0) is 15.8. The van der Waals surface area contributed by atoms with Crippen LogP contribution in [0, 0.1) is 0 Å². The Morgan fingerprint density at radius 3 is 2.57 bits per heavy atom. The summed E-state index contributed by atoms with van der Waals surface area (Å²) in [5.74, 6) is -0.0347. The lowest BCUT2D eigenvalue weighted by Crippen LogP contribution is -2.43. The number of ether oxygens (including phenoxy) is 1. The summed E-state index contributed by atoms with van der Waals surface area (Å²) >= 11 is 7.60. The second-order valence-electron chi connectivity index (χ2n) is 4.77. The standard InChI is InChI=1S/C15H20ClNO3S/c1-10(2)20-15(19)13(8-9-21-3)17-14(18)11-6-4-5-7-12(11)16/h4-7,10,13H,8-9H2,1-3H3,(H,17,18)/t13-/m0/s1. The molecule has 1 rings (SSSR count).